The molecule has 90 valence electrons. The molecule has 0 atom stereocenters. The van der Waals surface area contributed by atoms with E-state index in [9.17, 15) is 13.2 Å². The maximum atomic E-state index is 12.2. The van der Waals surface area contributed by atoms with Crippen LogP contribution in [0.25, 0.3) is 0 Å². The highest BCUT2D eigenvalue weighted by Crippen LogP contribution is 2.26. The van der Waals surface area contributed by atoms with Gasteiger partial charge in [0.15, 0.2) is 0 Å². The molecule has 1 aromatic rings. The van der Waals surface area contributed by atoms with Crippen molar-refractivity contribution in [3.05, 3.63) is 28.8 Å². The van der Waals surface area contributed by atoms with Crippen LogP contribution in [0.3, 0.4) is 0 Å². The molecule has 0 bridgehead atoms. The molecule has 0 amide bonds. The van der Waals surface area contributed by atoms with Gasteiger partial charge in [0.2, 0.25) is 0 Å². The minimum Gasteiger partial charge on any atom is -0.365 e. The van der Waals surface area contributed by atoms with Crippen molar-refractivity contribution in [1.29, 1.82) is 0 Å². The number of benzene rings is 1. The van der Waals surface area contributed by atoms with E-state index in [0.29, 0.717) is 16.3 Å². The SMILES string of the molecule is CN(CC(F)(F)F)c1cc(Cl)ccc1CN. The molecule has 0 fully saturated rings. The molecule has 0 heterocycles. The topological polar surface area (TPSA) is 29.3 Å². The second-order valence-electron chi connectivity index (χ2n) is 3.45. The van der Waals surface area contributed by atoms with Crippen molar-refractivity contribution in [2.45, 2.75) is 12.7 Å². The third-order valence-electron chi connectivity index (χ3n) is 2.09. The normalized spacial score (nSPS) is 11.6. The minimum atomic E-state index is -4.25. The molecular weight excluding hydrogens is 241 g/mol. The van der Waals surface area contributed by atoms with Gasteiger partial charge < -0.3 is 10.6 Å². The number of hydrogen-bond acceptors (Lipinski definition) is 2. The molecule has 0 aliphatic rings. The van der Waals surface area contributed by atoms with Crippen LogP contribution in [-0.2, 0) is 6.54 Å². The maximum absolute atomic E-state index is 12.2. The smallest absolute Gasteiger partial charge is 0.365 e. The molecule has 2 N–H and O–H groups in total. The molecule has 0 aliphatic heterocycles. The summed E-state index contributed by atoms with van der Waals surface area (Å²) in [6.07, 6.45) is -4.25. The molecule has 1 rings (SSSR count). The van der Waals surface area contributed by atoms with Crippen LogP contribution in [0.1, 0.15) is 5.56 Å². The van der Waals surface area contributed by atoms with Crippen molar-refractivity contribution >= 4 is 17.3 Å². The molecule has 0 saturated heterocycles. The average Bonchev–Trinajstić information content (AvgIpc) is 2.15. The first-order valence-electron chi connectivity index (χ1n) is 4.60. The summed E-state index contributed by atoms with van der Waals surface area (Å²) in [5.41, 5.74) is 6.50. The third-order valence-corrected chi connectivity index (χ3v) is 2.33. The van der Waals surface area contributed by atoms with Gasteiger partial charge in [-0.3, -0.25) is 0 Å². The van der Waals surface area contributed by atoms with E-state index < -0.39 is 12.7 Å². The van der Waals surface area contributed by atoms with Gasteiger partial charge in [0, 0.05) is 24.3 Å². The number of anilines is 1. The highest BCUT2D eigenvalue weighted by atomic mass is 35.5. The predicted molar refractivity (Wildman–Crippen MR) is 58.7 cm³/mol. The van der Waals surface area contributed by atoms with E-state index in [4.69, 9.17) is 17.3 Å². The van der Waals surface area contributed by atoms with Gasteiger partial charge in [0.05, 0.1) is 0 Å². The Hall–Kier alpha value is -0.940. The molecule has 0 unspecified atom stereocenters. The van der Waals surface area contributed by atoms with Gasteiger partial charge in [-0.2, -0.15) is 13.2 Å². The first kappa shape index (κ1) is 13.1. The summed E-state index contributed by atoms with van der Waals surface area (Å²) in [6.45, 7) is -0.852. The molecule has 0 saturated carbocycles. The minimum absolute atomic E-state index is 0.175. The zero-order valence-corrected chi connectivity index (χ0v) is 9.44. The Labute approximate surface area is 96.8 Å². The number of nitrogens with zero attached hydrogens (tertiary/aromatic N) is 1. The standard InChI is InChI=1S/C10H12ClF3N2/c1-16(6-10(12,13)14)9-4-8(11)3-2-7(9)5-15/h2-4H,5-6,15H2,1H3. The maximum Gasteiger partial charge on any atom is 0.405 e. The van der Waals surface area contributed by atoms with Gasteiger partial charge in [-0.25, -0.2) is 0 Å². The van der Waals surface area contributed by atoms with Crippen LogP contribution in [0.15, 0.2) is 18.2 Å². The molecule has 2 nitrogen and oxygen atoms in total. The Morgan fingerprint density at radius 2 is 2.00 bits per heavy atom. The lowest BCUT2D eigenvalue weighted by Gasteiger charge is -2.23. The fourth-order valence-corrected chi connectivity index (χ4v) is 1.59. The van der Waals surface area contributed by atoms with Gasteiger partial charge in [0.1, 0.15) is 6.54 Å². The lowest BCUT2D eigenvalue weighted by molar-refractivity contribution is -0.119. The van der Waals surface area contributed by atoms with E-state index in [1.807, 2.05) is 0 Å². The zero-order chi connectivity index (χ0) is 12.3. The summed E-state index contributed by atoms with van der Waals surface area (Å²) in [5.74, 6) is 0. The average molecular weight is 253 g/mol. The molecule has 16 heavy (non-hydrogen) atoms. The van der Waals surface area contributed by atoms with E-state index in [1.165, 1.54) is 13.1 Å². The zero-order valence-electron chi connectivity index (χ0n) is 8.68. The van der Waals surface area contributed by atoms with E-state index in [1.54, 1.807) is 12.1 Å². The number of hydrogen-bond donors (Lipinski definition) is 1. The first-order chi connectivity index (χ1) is 7.33. The molecule has 0 aromatic heterocycles. The second-order valence-corrected chi connectivity index (χ2v) is 3.88. The van der Waals surface area contributed by atoms with Gasteiger partial charge >= 0.3 is 6.18 Å². The van der Waals surface area contributed by atoms with Gasteiger partial charge in [-0.1, -0.05) is 17.7 Å². The molecule has 0 radical (unpaired) electrons. The van der Waals surface area contributed by atoms with E-state index in [0.717, 1.165) is 4.90 Å². The number of nitrogens with two attached hydrogens (primary N) is 1. The van der Waals surface area contributed by atoms with Crippen LogP contribution in [0, 0.1) is 0 Å². The van der Waals surface area contributed by atoms with Crippen LogP contribution in [0.2, 0.25) is 5.02 Å². The van der Waals surface area contributed by atoms with Crippen molar-refractivity contribution in [3.8, 4) is 0 Å². The van der Waals surface area contributed by atoms with Crippen molar-refractivity contribution in [2.75, 3.05) is 18.5 Å². The van der Waals surface area contributed by atoms with Crippen molar-refractivity contribution < 1.29 is 13.2 Å². The largest absolute Gasteiger partial charge is 0.405 e. The number of rotatable bonds is 3. The van der Waals surface area contributed by atoms with Crippen LogP contribution in [0.5, 0.6) is 0 Å². The van der Waals surface area contributed by atoms with Crippen LogP contribution in [0.4, 0.5) is 18.9 Å². The molecule has 0 aliphatic carbocycles. The number of halogens is 4. The predicted octanol–water partition coefficient (Wildman–Crippen LogP) is 2.80. The second kappa shape index (κ2) is 4.93. The Kier molecular flexibility index (Phi) is 4.04. The molecule has 0 spiro atoms. The summed E-state index contributed by atoms with van der Waals surface area (Å²) < 4.78 is 36.7. The summed E-state index contributed by atoms with van der Waals surface area (Å²) in [4.78, 5) is 1.09. The number of alkyl halides is 3. The van der Waals surface area contributed by atoms with Crippen LogP contribution in [-0.4, -0.2) is 19.8 Å². The Balaban J connectivity index is 2.97. The fourth-order valence-electron chi connectivity index (χ4n) is 1.42. The quantitative estimate of drug-likeness (QED) is 0.896. The van der Waals surface area contributed by atoms with Gasteiger partial charge in [-0.05, 0) is 17.7 Å². The van der Waals surface area contributed by atoms with Gasteiger partial charge in [-0.15, -0.1) is 0 Å². The third kappa shape index (κ3) is 3.57. The first-order valence-corrected chi connectivity index (χ1v) is 4.97. The van der Waals surface area contributed by atoms with E-state index in [2.05, 4.69) is 0 Å². The highest BCUT2D eigenvalue weighted by molar-refractivity contribution is 6.30. The van der Waals surface area contributed by atoms with Crippen molar-refractivity contribution in [1.82, 2.24) is 0 Å². The van der Waals surface area contributed by atoms with Gasteiger partial charge in [0.25, 0.3) is 0 Å². The monoisotopic (exact) mass is 252 g/mol. The summed E-state index contributed by atoms with van der Waals surface area (Å²) in [7, 11) is 1.36. The van der Waals surface area contributed by atoms with E-state index in [-0.39, 0.29) is 6.54 Å². The Morgan fingerprint density at radius 1 is 1.38 bits per heavy atom. The molecular formula is C10H12ClF3N2. The Morgan fingerprint density at radius 3 is 2.50 bits per heavy atom. The highest BCUT2D eigenvalue weighted by Gasteiger charge is 2.29. The summed E-state index contributed by atoms with van der Waals surface area (Å²) in [5, 5.41) is 0.390. The molecule has 1 aromatic carbocycles. The Bertz CT molecular complexity index is 366. The summed E-state index contributed by atoms with van der Waals surface area (Å²) in [6, 6.07) is 4.72. The van der Waals surface area contributed by atoms with Crippen LogP contribution >= 0.6 is 11.6 Å². The lowest BCUT2D eigenvalue weighted by Crippen LogP contribution is -2.31. The fraction of sp³-hybridized carbons (Fsp3) is 0.400. The van der Waals surface area contributed by atoms with Crippen molar-refractivity contribution in [3.63, 3.8) is 0 Å². The molecule has 6 heteroatoms. The van der Waals surface area contributed by atoms with E-state index >= 15 is 0 Å². The van der Waals surface area contributed by atoms with Crippen LogP contribution < -0.4 is 10.6 Å². The lowest BCUT2D eigenvalue weighted by atomic mass is 10.1. The summed E-state index contributed by atoms with van der Waals surface area (Å²) >= 11 is 5.74. The van der Waals surface area contributed by atoms with Crippen molar-refractivity contribution in [2.24, 2.45) is 5.73 Å².